The fourth-order valence-corrected chi connectivity index (χ4v) is 3.69. The molecule has 0 atom stereocenters. The van der Waals surface area contributed by atoms with Crippen LogP contribution in [0.5, 0.6) is 0 Å². The van der Waals surface area contributed by atoms with Gasteiger partial charge in [-0.1, -0.05) is 5.16 Å². The van der Waals surface area contributed by atoms with Crippen molar-refractivity contribution < 1.29 is 14.4 Å². The summed E-state index contributed by atoms with van der Waals surface area (Å²) in [6.07, 6.45) is 1.35. The van der Waals surface area contributed by atoms with Crippen LogP contribution in [0.25, 0.3) is 10.7 Å². The first-order chi connectivity index (χ1) is 10.1. The van der Waals surface area contributed by atoms with E-state index in [9.17, 15) is 4.79 Å². The Balaban J connectivity index is 0.00000176. The van der Waals surface area contributed by atoms with E-state index in [1.54, 1.807) is 11.3 Å². The maximum atomic E-state index is 10.9. The summed E-state index contributed by atoms with van der Waals surface area (Å²) >= 11 is 4.97. The Morgan fingerprint density at radius 3 is 2.77 bits per heavy atom. The molecule has 0 bridgehead atoms. The zero-order valence-electron chi connectivity index (χ0n) is 11.6. The summed E-state index contributed by atoms with van der Waals surface area (Å²) in [6.45, 7) is 2.07. The molecule has 1 saturated heterocycles. The van der Waals surface area contributed by atoms with Crippen molar-refractivity contribution in [2.24, 2.45) is 5.92 Å². The van der Waals surface area contributed by atoms with Crippen molar-refractivity contribution in [3.8, 4) is 10.7 Å². The van der Waals surface area contributed by atoms with Crippen molar-refractivity contribution in [1.29, 1.82) is 0 Å². The molecule has 0 spiro atoms. The molecule has 9 heteroatoms. The Hall–Kier alpha value is -0.960. The van der Waals surface area contributed by atoms with Gasteiger partial charge in [0, 0.05) is 0 Å². The molecule has 22 heavy (non-hydrogen) atoms. The first-order valence-corrected chi connectivity index (χ1v) is 8.26. The molecule has 0 radical (unpaired) electrons. The highest BCUT2D eigenvalue weighted by Crippen LogP contribution is 2.29. The molecule has 3 rings (SSSR count). The van der Waals surface area contributed by atoms with Crippen LogP contribution in [0.4, 0.5) is 0 Å². The molecular formula is C13H15BrClN3O3S. The number of carboxylic acid groups (broad SMARTS) is 1. The van der Waals surface area contributed by atoms with Gasteiger partial charge in [-0.25, -0.2) is 0 Å². The van der Waals surface area contributed by atoms with E-state index in [0.29, 0.717) is 31.1 Å². The van der Waals surface area contributed by atoms with Gasteiger partial charge in [-0.05, 0) is 54.0 Å². The molecule has 0 unspecified atom stereocenters. The largest absolute Gasteiger partial charge is 0.481 e. The van der Waals surface area contributed by atoms with Crippen molar-refractivity contribution in [1.82, 2.24) is 15.0 Å². The number of aromatic nitrogens is 2. The number of rotatable bonds is 4. The molecule has 1 aliphatic heterocycles. The minimum Gasteiger partial charge on any atom is -0.481 e. The topological polar surface area (TPSA) is 79.5 Å². The summed E-state index contributed by atoms with van der Waals surface area (Å²) in [4.78, 5) is 18.4. The van der Waals surface area contributed by atoms with Crippen molar-refractivity contribution in [2.45, 2.75) is 19.4 Å². The molecular weight excluding hydrogens is 394 g/mol. The molecule has 120 valence electrons. The Bertz CT molecular complexity index is 640. The molecule has 6 nitrogen and oxygen atoms in total. The SMILES string of the molecule is Cl.O=C(O)C1CCN(Cc2nc(-c3ccc(Br)s3)no2)CC1. The van der Waals surface area contributed by atoms with Crippen molar-refractivity contribution in [2.75, 3.05) is 13.1 Å². The van der Waals surface area contributed by atoms with Crippen LogP contribution >= 0.6 is 39.7 Å². The van der Waals surface area contributed by atoms with E-state index >= 15 is 0 Å². The van der Waals surface area contributed by atoms with E-state index in [2.05, 4.69) is 31.0 Å². The maximum absolute atomic E-state index is 10.9. The zero-order valence-corrected chi connectivity index (χ0v) is 14.8. The van der Waals surface area contributed by atoms with Gasteiger partial charge in [-0.3, -0.25) is 9.69 Å². The highest BCUT2D eigenvalue weighted by molar-refractivity contribution is 9.11. The van der Waals surface area contributed by atoms with Crippen LogP contribution in [0.1, 0.15) is 18.7 Å². The lowest BCUT2D eigenvalue weighted by molar-refractivity contribution is -0.143. The standard InChI is InChI=1S/C13H14BrN3O3S.ClH/c14-10-2-1-9(21-10)12-15-11(20-16-12)7-17-5-3-8(4-6-17)13(18)19;/h1-2,8H,3-7H2,(H,18,19);1H. The van der Waals surface area contributed by atoms with Crippen molar-refractivity contribution in [3.05, 3.63) is 21.8 Å². The van der Waals surface area contributed by atoms with Crippen molar-refractivity contribution in [3.63, 3.8) is 0 Å². The summed E-state index contributed by atoms with van der Waals surface area (Å²) in [5, 5.41) is 13.0. The number of carbonyl (C=O) groups is 1. The number of likely N-dealkylation sites (tertiary alicyclic amines) is 1. The van der Waals surface area contributed by atoms with Gasteiger partial charge in [0.2, 0.25) is 11.7 Å². The van der Waals surface area contributed by atoms with Gasteiger partial charge in [0.15, 0.2) is 0 Å². The van der Waals surface area contributed by atoms with E-state index in [4.69, 9.17) is 9.63 Å². The first-order valence-electron chi connectivity index (χ1n) is 6.65. The number of thiophene rings is 1. The molecule has 1 fully saturated rings. The summed E-state index contributed by atoms with van der Waals surface area (Å²) in [7, 11) is 0. The number of hydrogen-bond acceptors (Lipinski definition) is 6. The van der Waals surface area contributed by atoms with E-state index in [1.165, 1.54) is 0 Å². The molecule has 0 aliphatic carbocycles. The third kappa shape index (κ3) is 4.07. The van der Waals surface area contributed by atoms with Gasteiger partial charge in [0.25, 0.3) is 0 Å². The Kier molecular flexibility index (Phi) is 5.96. The summed E-state index contributed by atoms with van der Waals surface area (Å²) < 4.78 is 6.31. The number of nitrogens with zero attached hydrogens (tertiary/aromatic N) is 3. The minimum absolute atomic E-state index is 0. The van der Waals surface area contributed by atoms with Gasteiger partial charge < -0.3 is 9.63 Å². The van der Waals surface area contributed by atoms with Crippen LogP contribution in [0, 0.1) is 5.92 Å². The molecule has 2 aromatic heterocycles. The smallest absolute Gasteiger partial charge is 0.306 e. The monoisotopic (exact) mass is 407 g/mol. The maximum Gasteiger partial charge on any atom is 0.306 e. The first kappa shape index (κ1) is 17.4. The third-order valence-corrected chi connectivity index (χ3v) is 5.18. The van der Waals surface area contributed by atoms with Crippen LogP contribution in [0.2, 0.25) is 0 Å². The average molecular weight is 409 g/mol. The lowest BCUT2D eigenvalue weighted by atomic mass is 9.97. The molecule has 0 amide bonds. The van der Waals surface area contributed by atoms with E-state index in [0.717, 1.165) is 21.8 Å². The Labute approximate surface area is 146 Å². The second-order valence-electron chi connectivity index (χ2n) is 5.00. The fraction of sp³-hybridized carbons (Fsp3) is 0.462. The number of aliphatic carboxylic acids is 1. The predicted molar refractivity (Wildman–Crippen MR) is 88.2 cm³/mol. The second-order valence-corrected chi connectivity index (χ2v) is 7.47. The highest BCUT2D eigenvalue weighted by Gasteiger charge is 2.25. The van der Waals surface area contributed by atoms with Crippen LogP contribution in [0.15, 0.2) is 20.4 Å². The molecule has 2 aromatic rings. The van der Waals surface area contributed by atoms with Gasteiger partial charge in [0.05, 0.1) is 21.1 Å². The second kappa shape index (κ2) is 7.54. The molecule has 3 heterocycles. The molecule has 1 N–H and O–H groups in total. The summed E-state index contributed by atoms with van der Waals surface area (Å²) in [5.41, 5.74) is 0. The Morgan fingerprint density at radius 2 is 2.18 bits per heavy atom. The van der Waals surface area contributed by atoms with Crippen LogP contribution in [-0.2, 0) is 11.3 Å². The normalized spacial score (nSPS) is 16.4. The lowest BCUT2D eigenvalue weighted by Crippen LogP contribution is -2.35. The summed E-state index contributed by atoms with van der Waals surface area (Å²) in [5.74, 6) is 0.255. The molecule has 1 aliphatic rings. The fourth-order valence-electron chi connectivity index (χ4n) is 2.38. The Morgan fingerprint density at radius 1 is 1.45 bits per heavy atom. The van der Waals surface area contributed by atoms with Crippen molar-refractivity contribution >= 4 is 45.6 Å². The third-order valence-electron chi connectivity index (χ3n) is 3.56. The van der Waals surface area contributed by atoms with Gasteiger partial charge in [-0.15, -0.1) is 23.7 Å². The number of carboxylic acids is 1. The number of halogens is 2. The minimum atomic E-state index is -0.696. The van der Waals surface area contributed by atoms with Crippen LogP contribution < -0.4 is 0 Å². The van der Waals surface area contributed by atoms with Gasteiger partial charge >= 0.3 is 5.97 Å². The molecule has 0 saturated carbocycles. The predicted octanol–water partition coefficient (Wildman–Crippen LogP) is 3.28. The van der Waals surface area contributed by atoms with Gasteiger partial charge in [0.1, 0.15) is 0 Å². The average Bonchev–Trinajstić information content (AvgIpc) is 3.08. The zero-order chi connectivity index (χ0) is 14.8. The van der Waals surface area contributed by atoms with Crippen LogP contribution in [-0.4, -0.2) is 39.2 Å². The number of hydrogen-bond donors (Lipinski definition) is 1. The van der Waals surface area contributed by atoms with Gasteiger partial charge in [-0.2, -0.15) is 4.98 Å². The number of piperidine rings is 1. The van der Waals surface area contributed by atoms with E-state index in [1.807, 2.05) is 12.1 Å². The molecule has 0 aromatic carbocycles. The quantitative estimate of drug-likeness (QED) is 0.836. The van der Waals surface area contributed by atoms with E-state index in [-0.39, 0.29) is 18.3 Å². The highest BCUT2D eigenvalue weighted by atomic mass is 79.9. The lowest BCUT2D eigenvalue weighted by Gasteiger charge is -2.28. The summed E-state index contributed by atoms with van der Waals surface area (Å²) in [6, 6.07) is 3.90. The van der Waals surface area contributed by atoms with Crippen LogP contribution in [0.3, 0.4) is 0 Å². The van der Waals surface area contributed by atoms with E-state index < -0.39 is 5.97 Å².